The zero-order valence-electron chi connectivity index (χ0n) is 31.6. The van der Waals surface area contributed by atoms with Crippen LogP contribution in [0.4, 0.5) is 0 Å². The summed E-state index contributed by atoms with van der Waals surface area (Å²) in [5.41, 5.74) is 0.930. The summed E-state index contributed by atoms with van der Waals surface area (Å²) in [4.78, 5) is 58.0. The van der Waals surface area contributed by atoms with Gasteiger partial charge in [-0.05, 0) is 78.1 Å². The van der Waals surface area contributed by atoms with Crippen LogP contribution in [0.2, 0.25) is 0 Å². The maximum atomic E-state index is 13.0. The van der Waals surface area contributed by atoms with Crippen molar-refractivity contribution in [2.75, 3.05) is 39.9 Å². The molecule has 1 aromatic carbocycles. The van der Waals surface area contributed by atoms with Crippen LogP contribution in [0.5, 0.6) is 11.5 Å². The quantitative estimate of drug-likeness (QED) is 0.109. The number of esters is 4. The van der Waals surface area contributed by atoms with Crippen LogP contribution in [-0.4, -0.2) is 100.0 Å². The van der Waals surface area contributed by atoms with Crippen LogP contribution >= 0.6 is 0 Å². The van der Waals surface area contributed by atoms with Crippen LogP contribution in [0.3, 0.4) is 0 Å². The fraction of sp³-hybridized carbons (Fsp3) is 0.605. The molecule has 0 amide bonds. The van der Waals surface area contributed by atoms with Crippen molar-refractivity contribution in [2.24, 2.45) is 0 Å². The molecular weight excluding hydrogens is 658 g/mol. The van der Waals surface area contributed by atoms with Crippen molar-refractivity contribution < 1.29 is 48.3 Å². The fourth-order valence-electron chi connectivity index (χ4n) is 4.97. The van der Waals surface area contributed by atoms with Crippen molar-refractivity contribution >= 4 is 23.9 Å². The Morgan fingerprint density at radius 3 is 1.96 bits per heavy atom. The molecule has 51 heavy (non-hydrogen) atoms. The number of unbranched alkanes of at least 4 members (excludes halogenated alkanes) is 1. The van der Waals surface area contributed by atoms with Crippen molar-refractivity contribution in [3.05, 3.63) is 52.8 Å². The summed E-state index contributed by atoms with van der Waals surface area (Å²) in [6.45, 7) is 13.6. The smallest absolute Gasteiger partial charge is 0.320 e. The third-order valence-corrected chi connectivity index (χ3v) is 7.39. The number of aromatic nitrogens is 1. The Kier molecular flexibility index (Phi) is 17.3. The van der Waals surface area contributed by atoms with Crippen molar-refractivity contribution in [2.45, 2.75) is 111 Å². The van der Waals surface area contributed by atoms with Crippen LogP contribution < -0.4 is 0 Å². The molecule has 0 saturated carbocycles. The summed E-state index contributed by atoms with van der Waals surface area (Å²) in [5, 5.41) is 21.5. The Bertz CT molecular complexity index is 1450. The van der Waals surface area contributed by atoms with Crippen molar-refractivity contribution in [1.29, 1.82) is 0 Å². The number of aromatic hydroxyl groups is 2. The number of hydrogen-bond donors (Lipinski definition) is 2. The Labute approximate surface area is 302 Å². The van der Waals surface area contributed by atoms with Gasteiger partial charge in [-0.15, -0.1) is 0 Å². The van der Waals surface area contributed by atoms with Crippen molar-refractivity contribution in [1.82, 2.24) is 14.8 Å². The van der Waals surface area contributed by atoms with Crippen molar-refractivity contribution in [3.63, 3.8) is 0 Å². The number of phenolic OH excluding ortho intramolecular Hbond substituents is 1. The van der Waals surface area contributed by atoms with Gasteiger partial charge in [0.2, 0.25) is 0 Å². The highest BCUT2D eigenvalue weighted by atomic mass is 16.6. The van der Waals surface area contributed by atoms with Gasteiger partial charge >= 0.3 is 23.9 Å². The third-order valence-electron chi connectivity index (χ3n) is 7.39. The van der Waals surface area contributed by atoms with E-state index in [1.165, 1.54) is 13.2 Å². The molecule has 0 radical (unpaired) electrons. The average molecular weight is 716 g/mol. The van der Waals surface area contributed by atoms with Gasteiger partial charge in [0.15, 0.2) is 0 Å². The van der Waals surface area contributed by atoms with Gasteiger partial charge in [0.1, 0.15) is 22.7 Å². The number of benzene rings is 1. The van der Waals surface area contributed by atoms with Gasteiger partial charge < -0.3 is 29.2 Å². The molecule has 0 spiro atoms. The standard InChI is InChI=1S/C38H57N3O10/c1-9-10-21-49-35(46)25-40(23-28-22-27(11-15-31(28)42)12-17-34(45)50-37(2,3)4)19-20-41(26-36(47)51-38(5,6)7)24-30-32(43)16-13-29(39-30)14-18-33(44)48-8/h11,13,15-16,22,42-43H,9-10,12,14,17-21,23-26H2,1-8H3. The zero-order valence-corrected chi connectivity index (χ0v) is 31.6. The Balaban J connectivity index is 2.33. The molecule has 0 aliphatic rings. The molecule has 0 saturated heterocycles. The molecule has 2 N–H and O–H groups in total. The molecule has 2 aromatic rings. The second-order valence-electron chi connectivity index (χ2n) is 14.5. The van der Waals surface area contributed by atoms with Crippen LogP contribution in [0.15, 0.2) is 30.3 Å². The van der Waals surface area contributed by atoms with Gasteiger partial charge in [-0.25, -0.2) is 0 Å². The topological polar surface area (TPSA) is 165 Å². The van der Waals surface area contributed by atoms with Gasteiger partial charge in [-0.1, -0.05) is 25.5 Å². The van der Waals surface area contributed by atoms with E-state index in [9.17, 15) is 29.4 Å². The summed E-state index contributed by atoms with van der Waals surface area (Å²) in [6.07, 6.45) is 2.59. The first-order chi connectivity index (χ1) is 23.9. The highest BCUT2D eigenvalue weighted by molar-refractivity contribution is 5.72. The number of hydrogen-bond acceptors (Lipinski definition) is 13. The number of carbonyl (C=O) groups is 4. The average Bonchev–Trinajstić information content (AvgIpc) is 3.02. The number of rotatable bonds is 20. The molecule has 0 fully saturated rings. The molecule has 13 heteroatoms. The summed E-state index contributed by atoms with van der Waals surface area (Å²) < 4.78 is 21.2. The first kappa shape index (κ1) is 42.9. The lowest BCUT2D eigenvalue weighted by atomic mass is 10.0. The van der Waals surface area contributed by atoms with Crippen molar-refractivity contribution in [3.8, 4) is 11.5 Å². The first-order valence-corrected chi connectivity index (χ1v) is 17.5. The minimum atomic E-state index is -0.725. The highest BCUT2D eigenvalue weighted by Crippen LogP contribution is 2.23. The van der Waals surface area contributed by atoms with E-state index in [4.69, 9.17) is 18.9 Å². The highest BCUT2D eigenvalue weighted by Gasteiger charge is 2.23. The number of phenols is 1. The summed E-state index contributed by atoms with van der Waals surface area (Å²) in [7, 11) is 1.31. The van der Waals surface area contributed by atoms with E-state index in [-0.39, 0.29) is 82.2 Å². The number of methoxy groups -OCH3 is 1. The van der Waals surface area contributed by atoms with Crippen LogP contribution in [0, 0.1) is 0 Å². The minimum absolute atomic E-state index is 0.0314. The minimum Gasteiger partial charge on any atom is -0.508 e. The van der Waals surface area contributed by atoms with E-state index in [0.717, 1.165) is 18.4 Å². The van der Waals surface area contributed by atoms with Gasteiger partial charge in [-0.2, -0.15) is 0 Å². The number of pyridine rings is 1. The van der Waals surface area contributed by atoms with Gasteiger partial charge in [0.25, 0.3) is 0 Å². The largest absolute Gasteiger partial charge is 0.508 e. The second kappa shape index (κ2) is 20.6. The Morgan fingerprint density at radius 1 is 0.745 bits per heavy atom. The predicted molar refractivity (Wildman–Crippen MR) is 191 cm³/mol. The second-order valence-corrected chi connectivity index (χ2v) is 14.5. The van der Waals surface area contributed by atoms with E-state index in [1.807, 2.05) is 32.6 Å². The zero-order chi connectivity index (χ0) is 38.2. The van der Waals surface area contributed by atoms with Crippen LogP contribution in [0.25, 0.3) is 0 Å². The SMILES string of the molecule is CCCCOC(=O)CN(CCN(CC(=O)OC(C)(C)C)Cc1nc(CCC(=O)OC)ccc1O)Cc1cc(CCC(=O)OC(C)(C)C)ccc1O. The van der Waals surface area contributed by atoms with Crippen LogP contribution in [-0.2, 0) is 64.1 Å². The lowest BCUT2D eigenvalue weighted by Gasteiger charge is -2.28. The number of nitrogens with zero attached hydrogens (tertiary/aromatic N) is 3. The molecule has 13 nitrogen and oxygen atoms in total. The maximum absolute atomic E-state index is 13.0. The number of ether oxygens (including phenoxy) is 4. The van der Waals surface area contributed by atoms with E-state index in [0.29, 0.717) is 29.8 Å². The van der Waals surface area contributed by atoms with Gasteiger partial charge in [-0.3, -0.25) is 34.0 Å². The summed E-state index contributed by atoms with van der Waals surface area (Å²) >= 11 is 0. The monoisotopic (exact) mass is 715 g/mol. The van der Waals surface area contributed by atoms with Gasteiger partial charge in [0.05, 0.1) is 38.9 Å². The Morgan fingerprint density at radius 2 is 1.33 bits per heavy atom. The van der Waals surface area contributed by atoms with E-state index < -0.39 is 23.1 Å². The molecule has 0 bridgehead atoms. The summed E-state index contributed by atoms with van der Waals surface area (Å²) in [5.74, 6) is -1.66. The van der Waals surface area contributed by atoms with Gasteiger partial charge in [0, 0.05) is 50.3 Å². The fourth-order valence-corrected chi connectivity index (χ4v) is 4.97. The van der Waals surface area contributed by atoms with Crippen LogP contribution in [0.1, 0.15) is 96.7 Å². The molecule has 0 unspecified atom stereocenters. The van der Waals surface area contributed by atoms with E-state index >= 15 is 0 Å². The first-order valence-electron chi connectivity index (χ1n) is 17.5. The third kappa shape index (κ3) is 18.0. The molecular formula is C38H57N3O10. The molecule has 284 valence electrons. The molecule has 2 rings (SSSR count). The Hall–Kier alpha value is -4.23. The molecule has 0 aliphatic heterocycles. The molecule has 0 aliphatic carbocycles. The van der Waals surface area contributed by atoms with E-state index in [2.05, 4.69) is 4.98 Å². The number of carbonyl (C=O) groups excluding carboxylic acids is 4. The molecule has 1 heterocycles. The lowest BCUT2D eigenvalue weighted by molar-refractivity contribution is -0.157. The molecule has 1 aromatic heterocycles. The number of aryl methyl sites for hydroxylation is 2. The summed E-state index contributed by atoms with van der Waals surface area (Å²) in [6, 6.07) is 8.23. The predicted octanol–water partition coefficient (Wildman–Crippen LogP) is 4.86. The van der Waals surface area contributed by atoms with E-state index in [1.54, 1.807) is 49.9 Å². The maximum Gasteiger partial charge on any atom is 0.320 e. The molecule has 0 atom stereocenters. The lowest BCUT2D eigenvalue weighted by Crippen LogP contribution is -2.41. The normalized spacial score (nSPS) is 11.8.